The van der Waals surface area contributed by atoms with Crippen LogP contribution in [0.2, 0.25) is 0 Å². The lowest BCUT2D eigenvalue weighted by Gasteiger charge is -2.15. The van der Waals surface area contributed by atoms with Crippen molar-refractivity contribution >= 4 is 5.69 Å². The number of nitrogens with zero attached hydrogens (tertiary/aromatic N) is 1. The zero-order chi connectivity index (χ0) is 11.4. The Balaban J connectivity index is 2.27. The van der Waals surface area contributed by atoms with Gasteiger partial charge in [0.2, 0.25) is 0 Å². The summed E-state index contributed by atoms with van der Waals surface area (Å²) in [5.41, 5.74) is 3.98. The van der Waals surface area contributed by atoms with Gasteiger partial charge in [-0.3, -0.25) is 0 Å². The second-order valence-electron chi connectivity index (χ2n) is 3.86. The Kier molecular flexibility index (Phi) is 3.25. The van der Waals surface area contributed by atoms with Crippen LogP contribution in [0.5, 0.6) is 0 Å². The van der Waals surface area contributed by atoms with Crippen molar-refractivity contribution < 1.29 is 0 Å². The number of rotatable bonds is 3. The fourth-order valence-electron chi connectivity index (χ4n) is 2.06. The fourth-order valence-corrected chi connectivity index (χ4v) is 2.06. The number of fused-ring (bicyclic) bond motifs is 1. The summed E-state index contributed by atoms with van der Waals surface area (Å²) in [5, 5.41) is 0. The molecule has 82 valence electrons. The first kappa shape index (κ1) is 10.7. The van der Waals surface area contributed by atoms with Crippen LogP contribution in [0.25, 0.3) is 0 Å². The van der Waals surface area contributed by atoms with Gasteiger partial charge >= 0.3 is 0 Å². The number of anilines is 1. The van der Waals surface area contributed by atoms with E-state index >= 15 is 0 Å². The van der Waals surface area contributed by atoms with E-state index in [0.29, 0.717) is 0 Å². The van der Waals surface area contributed by atoms with E-state index in [-0.39, 0.29) is 0 Å². The van der Waals surface area contributed by atoms with Gasteiger partial charge in [-0.1, -0.05) is 43.0 Å². The van der Waals surface area contributed by atoms with Gasteiger partial charge in [-0.15, -0.1) is 0 Å². The molecule has 1 aromatic carbocycles. The van der Waals surface area contributed by atoms with Gasteiger partial charge in [0.15, 0.2) is 0 Å². The summed E-state index contributed by atoms with van der Waals surface area (Å²) in [6, 6.07) is 8.50. The molecule has 0 fully saturated rings. The SMILES string of the molecule is C=CN1/C(=C/C/C=C\C)Cc2ccccc21. The van der Waals surface area contributed by atoms with Crippen LogP contribution in [0.1, 0.15) is 18.9 Å². The van der Waals surface area contributed by atoms with Crippen molar-refractivity contribution in [3.05, 3.63) is 66.5 Å². The summed E-state index contributed by atoms with van der Waals surface area (Å²) in [6.07, 6.45) is 10.4. The number of para-hydroxylation sites is 1. The maximum Gasteiger partial charge on any atom is 0.0487 e. The number of hydrogen-bond donors (Lipinski definition) is 0. The van der Waals surface area contributed by atoms with Crippen LogP contribution in [0, 0.1) is 0 Å². The lowest BCUT2D eigenvalue weighted by molar-refractivity contribution is 1.11. The van der Waals surface area contributed by atoms with Crippen LogP contribution >= 0.6 is 0 Å². The molecule has 0 unspecified atom stereocenters. The van der Waals surface area contributed by atoms with E-state index in [9.17, 15) is 0 Å². The van der Waals surface area contributed by atoms with Gasteiger partial charge in [0.1, 0.15) is 0 Å². The van der Waals surface area contributed by atoms with Crippen LogP contribution in [-0.2, 0) is 6.42 Å². The zero-order valence-corrected chi connectivity index (χ0v) is 9.69. The van der Waals surface area contributed by atoms with Crippen LogP contribution in [-0.4, -0.2) is 0 Å². The van der Waals surface area contributed by atoms with E-state index in [4.69, 9.17) is 0 Å². The standard InChI is InChI=1S/C15H17N/c1-3-5-6-10-14-12-13-9-7-8-11-15(13)16(14)4-2/h3-5,7-11H,2,6,12H2,1H3/b5-3-,14-10+. The highest BCUT2D eigenvalue weighted by Gasteiger charge is 2.20. The van der Waals surface area contributed by atoms with Gasteiger partial charge in [0.05, 0.1) is 0 Å². The third kappa shape index (κ3) is 1.94. The first-order valence-corrected chi connectivity index (χ1v) is 5.66. The molecule has 16 heavy (non-hydrogen) atoms. The molecule has 0 spiro atoms. The van der Waals surface area contributed by atoms with Crippen LogP contribution < -0.4 is 4.90 Å². The van der Waals surface area contributed by atoms with Gasteiger partial charge in [-0.25, -0.2) is 0 Å². The Morgan fingerprint density at radius 1 is 1.38 bits per heavy atom. The van der Waals surface area contributed by atoms with E-state index in [0.717, 1.165) is 12.8 Å². The van der Waals surface area contributed by atoms with E-state index in [2.05, 4.69) is 54.0 Å². The van der Waals surface area contributed by atoms with E-state index in [1.54, 1.807) is 0 Å². The molecular formula is C15H17N. The van der Waals surface area contributed by atoms with Crippen LogP contribution in [0.15, 0.2) is 61.0 Å². The molecule has 0 amide bonds. The predicted octanol–water partition coefficient (Wildman–Crippen LogP) is 4.04. The average Bonchev–Trinajstić information content (AvgIpc) is 2.67. The summed E-state index contributed by atoms with van der Waals surface area (Å²) >= 11 is 0. The highest BCUT2D eigenvalue weighted by Crippen LogP contribution is 2.34. The van der Waals surface area contributed by atoms with Crippen LogP contribution in [0.4, 0.5) is 5.69 Å². The smallest absolute Gasteiger partial charge is 0.0487 e. The van der Waals surface area contributed by atoms with E-state index < -0.39 is 0 Å². The van der Waals surface area contributed by atoms with Crippen molar-refractivity contribution in [3.63, 3.8) is 0 Å². The normalized spacial score (nSPS) is 17.1. The second-order valence-corrected chi connectivity index (χ2v) is 3.86. The third-order valence-electron chi connectivity index (χ3n) is 2.84. The molecule has 1 aliphatic rings. The minimum Gasteiger partial charge on any atom is -0.321 e. The Labute approximate surface area is 97.4 Å². The van der Waals surface area contributed by atoms with Gasteiger partial charge in [0.25, 0.3) is 0 Å². The number of allylic oxidation sites excluding steroid dienone is 4. The monoisotopic (exact) mass is 211 g/mol. The van der Waals surface area contributed by atoms with Crippen molar-refractivity contribution in [3.8, 4) is 0 Å². The largest absolute Gasteiger partial charge is 0.321 e. The Hall–Kier alpha value is -1.76. The molecule has 0 saturated carbocycles. The fraction of sp³-hybridized carbons (Fsp3) is 0.200. The summed E-state index contributed by atoms with van der Waals surface area (Å²) in [5.74, 6) is 0. The Morgan fingerprint density at radius 2 is 2.19 bits per heavy atom. The maximum atomic E-state index is 3.89. The molecule has 2 rings (SSSR count). The molecule has 0 aliphatic carbocycles. The van der Waals surface area contributed by atoms with E-state index in [1.807, 2.05) is 13.1 Å². The molecule has 1 aliphatic heterocycles. The molecule has 1 nitrogen and oxygen atoms in total. The quantitative estimate of drug-likeness (QED) is 0.682. The van der Waals surface area contributed by atoms with Crippen molar-refractivity contribution in [1.29, 1.82) is 0 Å². The van der Waals surface area contributed by atoms with Crippen LogP contribution in [0.3, 0.4) is 0 Å². The summed E-state index contributed by atoms with van der Waals surface area (Å²) in [6.45, 7) is 5.94. The second kappa shape index (κ2) is 4.84. The molecular weight excluding hydrogens is 194 g/mol. The lowest BCUT2D eigenvalue weighted by Crippen LogP contribution is -2.09. The Morgan fingerprint density at radius 3 is 2.94 bits per heavy atom. The molecule has 0 bridgehead atoms. The third-order valence-corrected chi connectivity index (χ3v) is 2.84. The topological polar surface area (TPSA) is 3.24 Å². The van der Waals surface area contributed by atoms with Crippen molar-refractivity contribution in [2.24, 2.45) is 0 Å². The minimum atomic E-state index is 0.990. The van der Waals surface area contributed by atoms with Gasteiger partial charge in [-0.2, -0.15) is 0 Å². The average molecular weight is 211 g/mol. The van der Waals surface area contributed by atoms with Gasteiger partial charge < -0.3 is 4.90 Å². The lowest BCUT2D eigenvalue weighted by atomic mass is 10.1. The minimum absolute atomic E-state index is 0.990. The molecule has 0 aromatic heterocycles. The first-order chi connectivity index (χ1) is 7.86. The molecule has 0 saturated heterocycles. The van der Waals surface area contributed by atoms with E-state index in [1.165, 1.54) is 16.9 Å². The molecule has 1 heteroatoms. The number of hydrogen-bond acceptors (Lipinski definition) is 1. The molecule has 0 radical (unpaired) electrons. The highest BCUT2D eigenvalue weighted by atomic mass is 15.1. The highest BCUT2D eigenvalue weighted by molar-refractivity contribution is 5.66. The first-order valence-electron chi connectivity index (χ1n) is 5.66. The molecule has 1 aromatic rings. The van der Waals surface area contributed by atoms with Gasteiger partial charge in [0, 0.05) is 24.0 Å². The zero-order valence-electron chi connectivity index (χ0n) is 9.69. The summed E-state index contributed by atoms with van der Waals surface area (Å²) < 4.78 is 0. The van der Waals surface area contributed by atoms with Crippen molar-refractivity contribution in [1.82, 2.24) is 0 Å². The molecule has 0 N–H and O–H groups in total. The molecule has 1 heterocycles. The predicted molar refractivity (Wildman–Crippen MR) is 70.3 cm³/mol. The summed E-state index contributed by atoms with van der Waals surface area (Å²) in [4.78, 5) is 2.18. The van der Waals surface area contributed by atoms with Gasteiger partial charge in [-0.05, 0) is 25.0 Å². The molecule has 0 atom stereocenters. The maximum absolute atomic E-state index is 3.89. The van der Waals surface area contributed by atoms with Crippen molar-refractivity contribution in [2.45, 2.75) is 19.8 Å². The van der Waals surface area contributed by atoms with Crippen molar-refractivity contribution in [2.75, 3.05) is 4.90 Å². The Bertz CT molecular complexity index is 441. The number of benzene rings is 1. The summed E-state index contributed by atoms with van der Waals surface area (Å²) in [7, 11) is 0.